The van der Waals surface area contributed by atoms with Gasteiger partial charge in [-0.25, -0.2) is 4.79 Å². The van der Waals surface area contributed by atoms with Crippen LogP contribution in [0.25, 0.3) is 0 Å². The van der Waals surface area contributed by atoms with Crippen LogP contribution in [0.4, 0.5) is 4.79 Å². The van der Waals surface area contributed by atoms with Crippen LogP contribution in [-0.2, 0) is 0 Å². The summed E-state index contributed by atoms with van der Waals surface area (Å²) in [6.07, 6.45) is 2.05. The third-order valence-electron chi connectivity index (χ3n) is 1.75. The zero-order chi connectivity index (χ0) is 9.72. The molecule has 0 rings (SSSR count). The molecule has 72 valence electrons. The molecule has 0 aliphatic rings. The summed E-state index contributed by atoms with van der Waals surface area (Å²) in [5.74, 6) is 0.982. The second kappa shape index (κ2) is 5.30. The minimum atomic E-state index is 0.0663. The number of amides is 2. The van der Waals surface area contributed by atoms with E-state index >= 15 is 0 Å². The minimum absolute atomic E-state index is 0.0663. The van der Waals surface area contributed by atoms with Gasteiger partial charge in [-0.1, -0.05) is 0 Å². The first-order valence-electron chi connectivity index (χ1n) is 3.93. The van der Waals surface area contributed by atoms with Gasteiger partial charge in [-0.05, 0) is 13.2 Å². The quantitative estimate of drug-likeness (QED) is 0.670. The number of carbonyl (C=O) groups excluding carboxylic acids is 1. The van der Waals surface area contributed by atoms with Gasteiger partial charge in [-0.2, -0.15) is 11.8 Å². The number of thioether (sulfide) groups is 1. The maximum atomic E-state index is 11.4. The van der Waals surface area contributed by atoms with Crippen LogP contribution in [0.2, 0.25) is 0 Å². The number of rotatable bonds is 3. The molecule has 2 amide bonds. The lowest BCUT2D eigenvalue weighted by atomic mass is 10.3. The van der Waals surface area contributed by atoms with E-state index in [4.69, 9.17) is 0 Å². The van der Waals surface area contributed by atoms with Crippen molar-refractivity contribution in [1.82, 2.24) is 9.80 Å². The highest BCUT2D eigenvalue weighted by Gasteiger charge is 2.15. The number of hydrogen-bond donors (Lipinski definition) is 0. The molecule has 0 saturated carbocycles. The van der Waals surface area contributed by atoms with Crippen molar-refractivity contribution in [3.63, 3.8) is 0 Å². The highest BCUT2D eigenvalue weighted by Crippen LogP contribution is 2.05. The molecule has 0 fully saturated rings. The molecule has 0 aromatic rings. The smallest absolute Gasteiger partial charge is 0.319 e. The van der Waals surface area contributed by atoms with Crippen molar-refractivity contribution in [3.05, 3.63) is 0 Å². The summed E-state index contributed by atoms with van der Waals surface area (Å²) in [6, 6.07) is 0.367. The predicted octanol–water partition coefficient (Wildman–Crippen LogP) is 1.35. The summed E-state index contributed by atoms with van der Waals surface area (Å²) >= 11 is 1.75. The van der Waals surface area contributed by atoms with Crippen LogP contribution < -0.4 is 0 Å². The second-order valence-corrected chi connectivity index (χ2v) is 4.00. The zero-order valence-corrected chi connectivity index (χ0v) is 9.31. The predicted molar refractivity (Wildman–Crippen MR) is 54.7 cm³/mol. The zero-order valence-electron chi connectivity index (χ0n) is 8.50. The summed E-state index contributed by atoms with van der Waals surface area (Å²) in [5, 5.41) is 0. The lowest BCUT2D eigenvalue weighted by molar-refractivity contribution is 0.171. The second-order valence-electron chi connectivity index (χ2n) is 3.09. The van der Waals surface area contributed by atoms with E-state index in [9.17, 15) is 4.79 Å². The summed E-state index contributed by atoms with van der Waals surface area (Å²) in [6.45, 7) is 2.05. The van der Waals surface area contributed by atoms with Crippen molar-refractivity contribution in [2.75, 3.05) is 33.2 Å². The van der Waals surface area contributed by atoms with E-state index in [2.05, 4.69) is 6.92 Å². The van der Waals surface area contributed by atoms with E-state index in [1.807, 2.05) is 13.3 Å². The average molecular weight is 190 g/mol. The molecule has 0 saturated heterocycles. The van der Waals surface area contributed by atoms with Crippen molar-refractivity contribution in [2.45, 2.75) is 13.0 Å². The first-order chi connectivity index (χ1) is 5.50. The molecule has 3 nitrogen and oxygen atoms in total. The lowest BCUT2D eigenvalue weighted by Crippen LogP contribution is -2.42. The number of urea groups is 1. The van der Waals surface area contributed by atoms with Crippen LogP contribution in [0.3, 0.4) is 0 Å². The van der Waals surface area contributed by atoms with E-state index in [1.165, 1.54) is 0 Å². The number of nitrogens with zero attached hydrogens (tertiary/aromatic N) is 2. The number of hydrogen-bond acceptors (Lipinski definition) is 2. The van der Waals surface area contributed by atoms with Crippen LogP contribution >= 0.6 is 11.8 Å². The molecule has 0 aromatic heterocycles. The summed E-state index contributed by atoms with van der Waals surface area (Å²) < 4.78 is 0. The Morgan fingerprint density at radius 2 is 1.92 bits per heavy atom. The highest BCUT2D eigenvalue weighted by atomic mass is 32.2. The van der Waals surface area contributed by atoms with Gasteiger partial charge in [0.05, 0.1) is 0 Å². The van der Waals surface area contributed by atoms with Gasteiger partial charge in [0.2, 0.25) is 0 Å². The van der Waals surface area contributed by atoms with Gasteiger partial charge in [0.15, 0.2) is 0 Å². The van der Waals surface area contributed by atoms with Crippen molar-refractivity contribution < 1.29 is 4.79 Å². The molecule has 12 heavy (non-hydrogen) atoms. The molecule has 0 radical (unpaired) electrons. The van der Waals surface area contributed by atoms with Crippen LogP contribution in [0, 0.1) is 0 Å². The lowest BCUT2D eigenvalue weighted by Gasteiger charge is -2.27. The number of carbonyl (C=O) groups is 1. The topological polar surface area (TPSA) is 23.6 Å². The molecular formula is C8H18N2OS. The first-order valence-corrected chi connectivity index (χ1v) is 5.33. The van der Waals surface area contributed by atoms with Gasteiger partial charge in [0.1, 0.15) is 0 Å². The van der Waals surface area contributed by atoms with Crippen LogP contribution in [-0.4, -0.2) is 55.0 Å². The molecule has 0 heterocycles. The van der Waals surface area contributed by atoms with E-state index in [1.54, 1.807) is 35.7 Å². The Labute approximate surface area is 79.1 Å². The van der Waals surface area contributed by atoms with E-state index < -0.39 is 0 Å². The van der Waals surface area contributed by atoms with E-state index in [0.29, 0.717) is 6.04 Å². The Bertz CT molecular complexity index is 150. The molecule has 0 N–H and O–H groups in total. The van der Waals surface area contributed by atoms with Crippen molar-refractivity contribution in [1.29, 1.82) is 0 Å². The third kappa shape index (κ3) is 3.34. The van der Waals surface area contributed by atoms with Crippen LogP contribution in [0.15, 0.2) is 0 Å². The van der Waals surface area contributed by atoms with E-state index in [-0.39, 0.29) is 6.03 Å². The van der Waals surface area contributed by atoms with Gasteiger partial charge in [0.25, 0.3) is 0 Å². The molecule has 1 unspecified atom stereocenters. The van der Waals surface area contributed by atoms with Gasteiger partial charge < -0.3 is 9.80 Å². The molecule has 1 atom stereocenters. The molecule has 0 bridgehead atoms. The fourth-order valence-corrected chi connectivity index (χ4v) is 1.56. The molecule has 0 aliphatic heterocycles. The maximum absolute atomic E-state index is 11.4. The largest absolute Gasteiger partial charge is 0.331 e. The Morgan fingerprint density at radius 3 is 2.25 bits per heavy atom. The molecular weight excluding hydrogens is 172 g/mol. The Balaban J connectivity index is 4.00. The van der Waals surface area contributed by atoms with Crippen molar-refractivity contribution in [2.24, 2.45) is 0 Å². The Hall–Kier alpha value is -0.380. The summed E-state index contributed by atoms with van der Waals surface area (Å²) in [4.78, 5) is 14.8. The monoisotopic (exact) mass is 190 g/mol. The minimum Gasteiger partial charge on any atom is -0.331 e. The fourth-order valence-electron chi connectivity index (χ4n) is 0.857. The fraction of sp³-hybridized carbons (Fsp3) is 0.875. The molecule has 0 aromatic carbocycles. The third-order valence-corrected chi connectivity index (χ3v) is 2.57. The Kier molecular flexibility index (Phi) is 5.13. The van der Waals surface area contributed by atoms with Gasteiger partial charge in [0, 0.05) is 32.9 Å². The standard InChI is InChI=1S/C8H18N2OS/c1-7(6-12-5)10(4)8(11)9(2)3/h7H,6H2,1-5H3. The maximum Gasteiger partial charge on any atom is 0.319 e. The Morgan fingerprint density at radius 1 is 1.42 bits per heavy atom. The molecule has 0 aliphatic carbocycles. The first kappa shape index (κ1) is 11.6. The summed E-state index contributed by atoms with van der Waals surface area (Å²) in [5.41, 5.74) is 0. The highest BCUT2D eigenvalue weighted by molar-refractivity contribution is 7.98. The van der Waals surface area contributed by atoms with Gasteiger partial charge in [-0.3, -0.25) is 0 Å². The van der Waals surface area contributed by atoms with E-state index in [0.717, 1.165) is 5.75 Å². The molecule has 0 spiro atoms. The SMILES string of the molecule is CSCC(C)N(C)C(=O)N(C)C. The van der Waals surface area contributed by atoms with Crippen LogP contribution in [0.5, 0.6) is 0 Å². The summed E-state index contributed by atoms with van der Waals surface area (Å²) in [7, 11) is 5.37. The van der Waals surface area contributed by atoms with Crippen molar-refractivity contribution >= 4 is 17.8 Å². The normalized spacial score (nSPS) is 12.4. The molecule has 4 heteroatoms. The van der Waals surface area contributed by atoms with Gasteiger partial charge in [-0.15, -0.1) is 0 Å². The van der Waals surface area contributed by atoms with Gasteiger partial charge >= 0.3 is 6.03 Å². The van der Waals surface area contributed by atoms with Crippen LogP contribution in [0.1, 0.15) is 6.92 Å². The average Bonchev–Trinajstić information content (AvgIpc) is 2.02. The van der Waals surface area contributed by atoms with Crippen molar-refractivity contribution in [3.8, 4) is 0 Å².